The Bertz CT molecular complexity index is 1010. The van der Waals surface area contributed by atoms with Crippen molar-refractivity contribution < 1.29 is 22.7 Å². The summed E-state index contributed by atoms with van der Waals surface area (Å²) in [5.41, 5.74) is 1.63. The summed E-state index contributed by atoms with van der Waals surface area (Å²) in [5.74, 6) is -0.939. The van der Waals surface area contributed by atoms with Gasteiger partial charge in [0.15, 0.2) is 0 Å². The molecule has 10 heteroatoms. The minimum atomic E-state index is -3.77. The maximum Gasteiger partial charge on any atom is 0.337 e. The van der Waals surface area contributed by atoms with Crippen LogP contribution < -0.4 is 5.32 Å². The Labute approximate surface area is 180 Å². The van der Waals surface area contributed by atoms with Crippen LogP contribution in [0.5, 0.6) is 0 Å². The van der Waals surface area contributed by atoms with E-state index in [-0.39, 0.29) is 19.6 Å². The number of carbonyl (C=O) groups excluding carboxylic acids is 2. The fourth-order valence-corrected chi connectivity index (χ4v) is 4.87. The molecule has 0 aromatic heterocycles. The number of anilines is 1. The van der Waals surface area contributed by atoms with Crippen LogP contribution in [0.2, 0.25) is 5.02 Å². The van der Waals surface area contributed by atoms with Gasteiger partial charge in [-0.3, -0.25) is 4.79 Å². The average molecular weight is 452 g/mol. The molecule has 0 saturated carbocycles. The van der Waals surface area contributed by atoms with Gasteiger partial charge in [0, 0.05) is 30.3 Å². The zero-order valence-electron chi connectivity index (χ0n) is 16.4. The molecule has 1 amide bonds. The van der Waals surface area contributed by atoms with Crippen LogP contribution in [0.25, 0.3) is 0 Å². The van der Waals surface area contributed by atoms with Crippen LogP contribution in [-0.4, -0.2) is 55.6 Å². The van der Waals surface area contributed by atoms with Crippen LogP contribution >= 0.6 is 11.6 Å². The van der Waals surface area contributed by atoms with Gasteiger partial charge in [-0.15, -0.1) is 0 Å². The molecule has 3 rings (SSSR count). The van der Waals surface area contributed by atoms with Gasteiger partial charge in [-0.05, 0) is 48.4 Å². The van der Waals surface area contributed by atoms with Crippen molar-refractivity contribution in [2.24, 2.45) is 0 Å². The first-order chi connectivity index (χ1) is 14.3. The Morgan fingerprint density at radius 3 is 2.30 bits per heavy atom. The van der Waals surface area contributed by atoms with Crippen LogP contribution in [0.1, 0.15) is 22.3 Å². The van der Waals surface area contributed by atoms with Gasteiger partial charge in [-0.2, -0.15) is 17.0 Å². The van der Waals surface area contributed by atoms with Crippen molar-refractivity contribution in [3.8, 4) is 0 Å². The number of carbonyl (C=O) groups is 2. The minimum Gasteiger partial charge on any atom is -0.465 e. The number of nitrogens with zero attached hydrogens (tertiary/aromatic N) is 2. The normalized spacial score (nSPS) is 16.7. The maximum absolute atomic E-state index is 12.9. The quantitative estimate of drug-likeness (QED) is 0.681. The summed E-state index contributed by atoms with van der Waals surface area (Å²) >= 11 is 5.88. The van der Waals surface area contributed by atoms with Gasteiger partial charge >= 0.3 is 5.97 Å². The molecular formula is C20H22ClN3O5S. The molecule has 8 nitrogen and oxygen atoms in total. The molecule has 0 unspecified atom stereocenters. The van der Waals surface area contributed by atoms with Crippen LogP contribution in [0.15, 0.2) is 48.5 Å². The minimum absolute atomic E-state index is 0.215. The Kier molecular flexibility index (Phi) is 7.09. The molecule has 160 valence electrons. The van der Waals surface area contributed by atoms with Gasteiger partial charge in [0.05, 0.1) is 19.2 Å². The first-order valence-corrected chi connectivity index (χ1v) is 11.0. The summed E-state index contributed by atoms with van der Waals surface area (Å²) in [6, 6.07) is 13.1. The second kappa shape index (κ2) is 9.57. The summed E-state index contributed by atoms with van der Waals surface area (Å²) in [6.45, 7) is 0.580. The predicted octanol–water partition coefficient (Wildman–Crippen LogP) is 2.52. The van der Waals surface area contributed by atoms with Gasteiger partial charge in [0.1, 0.15) is 0 Å². The second-order valence-electron chi connectivity index (χ2n) is 6.77. The van der Waals surface area contributed by atoms with Gasteiger partial charge in [-0.25, -0.2) is 4.79 Å². The lowest BCUT2D eigenvalue weighted by atomic mass is 10.2. The molecule has 0 atom stereocenters. The third-order valence-corrected chi connectivity index (χ3v) is 6.83. The molecular weight excluding hydrogens is 430 g/mol. The van der Waals surface area contributed by atoms with E-state index >= 15 is 0 Å². The molecule has 1 aliphatic heterocycles. The third-order valence-electron chi connectivity index (χ3n) is 4.65. The fourth-order valence-electron chi connectivity index (χ4n) is 3.10. The molecule has 0 bridgehead atoms. The molecule has 1 fully saturated rings. The van der Waals surface area contributed by atoms with Crippen LogP contribution in [0, 0.1) is 0 Å². The van der Waals surface area contributed by atoms with Crippen molar-refractivity contribution in [3.05, 3.63) is 64.7 Å². The number of benzene rings is 2. The van der Waals surface area contributed by atoms with Crippen molar-refractivity contribution in [1.29, 1.82) is 0 Å². The largest absolute Gasteiger partial charge is 0.465 e. The number of halogens is 1. The molecule has 2 aromatic carbocycles. The maximum atomic E-state index is 12.9. The second-order valence-corrected chi connectivity index (χ2v) is 9.14. The lowest BCUT2D eigenvalue weighted by Crippen LogP contribution is -2.51. The van der Waals surface area contributed by atoms with Gasteiger partial charge in [-0.1, -0.05) is 23.7 Å². The van der Waals surface area contributed by atoms with E-state index in [1.54, 1.807) is 36.4 Å². The summed E-state index contributed by atoms with van der Waals surface area (Å²) < 4.78 is 33.0. The molecule has 2 aromatic rings. The number of hydrogen-bond donors (Lipinski definition) is 1. The molecule has 0 spiro atoms. The van der Waals surface area contributed by atoms with Crippen molar-refractivity contribution in [3.63, 3.8) is 0 Å². The van der Waals surface area contributed by atoms with E-state index in [4.69, 9.17) is 11.6 Å². The summed E-state index contributed by atoms with van der Waals surface area (Å²) in [5, 5.41) is 3.23. The van der Waals surface area contributed by atoms with Crippen molar-refractivity contribution in [1.82, 2.24) is 8.61 Å². The van der Waals surface area contributed by atoms with E-state index in [1.807, 2.05) is 0 Å². The molecule has 1 heterocycles. The van der Waals surface area contributed by atoms with Crippen LogP contribution in [-0.2, 0) is 26.3 Å². The molecule has 30 heavy (non-hydrogen) atoms. The van der Waals surface area contributed by atoms with E-state index in [2.05, 4.69) is 10.1 Å². The first-order valence-electron chi connectivity index (χ1n) is 9.27. The molecule has 1 N–H and O–H groups in total. The van der Waals surface area contributed by atoms with E-state index < -0.39 is 22.1 Å². The first kappa shape index (κ1) is 22.2. The van der Waals surface area contributed by atoms with E-state index in [9.17, 15) is 18.0 Å². The van der Waals surface area contributed by atoms with E-state index in [0.29, 0.717) is 29.2 Å². The zero-order chi connectivity index (χ0) is 21.7. The smallest absolute Gasteiger partial charge is 0.337 e. The van der Waals surface area contributed by atoms with Gasteiger partial charge < -0.3 is 10.1 Å². The number of esters is 1. The van der Waals surface area contributed by atoms with Gasteiger partial charge in [0.25, 0.3) is 10.2 Å². The van der Waals surface area contributed by atoms with Gasteiger partial charge in [0.2, 0.25) is 5.91 Å². The summed E-state index contributed by atoms with van der Waals surface area (Å²) in [7, 11) is -2.48. The number of nitrogens with one attached hydrogen (secondary N) is 1. The number of amides is 1. The zero-order valence-corrected chi connectivity index (χ0v) is 17.9. The SMILES string of the molecule is COC(=O)c1ccc(NC(=O)CN2CCCN(Cc3ccc(Cl)cc3)S2(=O)=O)cc1. The average Bonchev–Trinajstić information content (AvgIpc) is 2.72. The molecule has 1 saturated heterocycles. The fraction of sp³-hybridized carbons (Fsp3) is 0.300. The number of rotatable bonds is 6. The Hall–Kier alpha value is -2.46. The highest BCUT2D eigenvalue weighted by Gasteiger charge is 2.34. The number of methoxy groups -OCH3 is 1. The lowest BCUT2D eigenvalue weighted by Gasteiger charge is -2.34. The number of hydrogen-bond acceptors (Lipinski definition) is 5. The summed E-state index contributed by atoms with van der Waals surface area (Å²) in [6.07, 6.45) is 0.619. The third kappa shape index (κ3) is 5.37. The Balaban J connectivity index is 1.62. The van der Waals surface area contributed by atoms with Crippen molar-refractivity contribution >= 4 is 39.4 Å². The highest BCUT2D eigenvalue weighted by Crippen LogP contribution is 2.20. The Morgan fingerprint density at radius 2 is 1.67 bits per heavy atom. The topological polar surface area (TPSA) is 96.0 Å². The molecule has 0 radical (unpaired) electrons. The van der Waals surface area contributed by atoms with Crippen molar-refractivity contribution in [2.45, 2.75) is 13.0 Å². The van der Waals surface area contributed by atoms with E-state index in [1.165, 1.54) is 27.9 Å². The molecule has 0 aliphatic carbocycles. The monoisotopic (exact) mass is 451 g/mol. The lowest BCUT2D eigenvalue weighted by molar-refractivity contribution is -0.116. The van der Waals surface area contributed by atoms with Crippen LogP contribution in [0.3, 0.4) is 0 Å². The predicted molar refractivity (Wildman–Crippen MR) is 113 cm³/mol. The highest BCUT2D eigenvalue weighted by molar-refractivity contribution is 7.86. The highest BCUT2D eigenvalue weighted by atomic mass is 35.5. The number of ether oxygens (including phenoxy) is 1. The standard InChI is InChI=1S/C20H22ClN3O5S/c1-29-20(26)16-5-9-18(10-6-16)22-19(25)14-24-12-2-11-23(30(24,27)28)13-15-3-7-17(21)8-4-15/h3-10H,2,11-14H2,1H3,(H,22,25). The summed E-state index contributed by atoms with van der Waals surface area (Å²) in [4.78, 5) is 23.9. The van der Waals surface area contributed by atoms with Crippen LogP contribution in [0.4, 0.5) is 5.69 Å². The Morgan fingerprint density at radius 1 is 1.03 bits per heavy atom. The van der Waals surface area contributed by atoms with Crippen molar-refractivity contribution in [2.75, 3.05) is 32.1 Å². The molecule has 1 aliphatic rings. The van der Waals surface area contributed by atoms with E-state index in [0.717, 1.165) is 5.56 Å².